The normalized spacial score (nSPS) is 19.7. The number of amides is 2. The van der Waals surface area contributed by atoms with Crippen LogP contribution in [0, 0.1) is 0 Å². The van der Waals surface area contributed by atoms with Crippen LogP contribution in [0.3, 0.4) is 0 Å². The summed E-state index contributed by atoms with van der Waals surface area (Å²) < 4.78 is 32.3. The first-order valence-electron chi connectivity index (χ1n) is 9.43. The molecule has 2 N–H and O–H groups in total. The average Bonchev–Trinajstić information content (AvgIpc) is 3.23. The summed E-state index contributed by atoms with van der Waals surface area (Å²) in [4.78, 5) is 26.3. The standard InChI is InChI=1S/C19H21N3O5S3/c23-17(11-16-19(24)21-14-3-1-2-4-15(14)29-16)20-12-13-5-6-18(28-13)30(25,26)22-7-9-27-10-8-22/h1-6,16H,7-12H2,(H,20,23)(H,21,24)/t16-/m1/s1. The lowest BCUT2D eigenvalue weighted by atomic mass is 10.2. The van der Waals surface area contributed by atoms with Gasteiger partial charge in [-0.2, -0.15) is 4.31 Å². The Morgan fingerprint density at radius 1 is 1.20 bits per heavy atom. The van der Waals surface area contributed by atoms with Gasteiger partial charge in [0.05, 0.1) is 30.7 Å². The minimum absolute atomic E-state index is 0.0507. The molecule has 4 rings (SSSR count). The highest BCUT2D eigenvalue weighted by Crippen LogP contribution is 2.36. The van der Waals surface area contributed by atoms with Gasteiger partial charge in [-0.3, -0.25) is 9.59 Å². The number of hydrogen-bond acceptors (Lipinski definition) is 7. The molecule has 2 aliphatic rings. The number of rotatable bonds is 6. The Kier molecular flexibility index (Phi) is 6.44. The van der Waals surface area contributed by atoms with Crippen molar-refractivity contribution in [1.82, 2.24) is 9.62 Å². The van der Waals surface area contributed by atoms with E-state index in [1.165, 1.54) is 16.1 Å². The summed E-state index contributed by atoms with van der Waals surface area (Å²) in [6, 6.07) is 10.7. The maximum absolute atomic E-state index is 12.7. The molecule has 1 aromatic carbocycles. The van der Waals surface area contributed by atoms with E-state index in [0.717, 1.165) is 26.8 Å². The van der Waals surface area contributed by atoms with Gasteiger partial charge < -0.3 is 15.4 Å². The Morgan fingerprint density at radius 3 is 2.77 bits per heavy atom. The zero-order chi connectivity index (χ0) is 21.1. The Bertz CT molecular complexity index is 1050. The molecule has 0 spiro atoms. The number of carbonyl (C=O) groups excluding carboxylic acids is 2. The maximum Gasteiger partial charge on any atom is 0.252 e. The minimum Gasteiger partial charge on any atom is -0.379 e. The van der Waals surface area contributed by atoms with Crippen molar-refractivity contribution in [3.05, 3.63) is 41.3 Å². The molecule has 1 saturated heterocycles. The van der Waals surface area contributed by atoms with E-state index in [2.05, 4.69) is 10.6 Å². The fourth-order valence-electron chi connectivity index (χ4n) is 3.16. The molecule has 1 atom stereocenters. The van der Waals surface area contributed by atoms with E-state index in [4.69, 9.17) is 4.74 Å². The molecule has 0 saturated carbocycles. The molecule has 8 nitrogen and oxygen atoms in total. The van der Waals surface area contributed by atoms with Crippen molar-refractivity contribution in [3.8, 4) is 0 Å². The Balaban J connectivity index is 1.32. The van der Waals surface area contributed by atoms with Gasteiger partial charge in [-0.05, 0) is 24.3 Å². The number of carbonyl (C=O) groups is 2. The van der Waals surface area contributed by atoms with Gasteiger partial charge in [-0.1, -0.05) is 12.1 Å². The first kappa shape index (κ1) is 21.3. The Labute approximate surface area is 183 Å². The SMILES string of the molecule is O=C(C[C@H]1Sc2ccccc2NC1=O)NCc1ccc(S(=O)(=O)N2CCOCC2)s1. The van der Waals surface area contributed by atoms with E-state index in [1.54, 1.807) is 12.1 Å². The molecule has 3 heterocycles. The molecule has 160 valence electrons. The highest BCUT2D eigenvalue weighted by Gasteiger charge is 2.29. The number of benzene rings is 1. The van der Waals surface area contributed by atoms with Crippen LogP contribution in [0.2, 0.25) is 0 Å². The van der Waals surface area contributed by atoms with Crippen molar-refractivity contribution in [2.24, 2.45) is 0 Å². The van der Waals surface area contributed by atoms with Gasteiger partial charge in [-0.15, -0.1) is 23.1 Å². The third kappa shape index (κ3) is 4.70. The number of thioether (sulfide) groups is 1. The van der Waals surface area contributed by atoms with Crippen molar-refractivity contribution in [2.75, 3.05) is 31.6 Å². The van der Waals surface area contributed by atoms with Gasteiger partial charge in [0.25, 0.3) is 10.0 Å². The second-order valence-corrected chi connectivity index (χ2v) is 11.4. The zero-order valence-electron chi connectivity index (χ0n) is 16.0. The van der Waals surface area contributed by atoms with Crippen LogP contribution in [-0.2, 0) is 30.9 Å². The second kappa shape index (κ2) is 9.06. The summed E-state index contributed by atoms with van der Waals surface area (Å²) in [7, 11) is -3.54. The van der Waals surface area contributed by atoms with Gasteiger partial charge in [0.1, 0.15) is 4.21 Å². The van der Waals surface area contributed by atoms with E-state index in [9.17, 15) is 18.0 Å². The van der Waals surface area contributed by atoms with E-state index < -0.39 is 15.3 Å². The van der Waals surface area contributed by atoms with E-state index >= 15 is 0 Å². The predicted molar refractivity (Wildman–Crippen MR) is 115 cm³/mol. The third-order valence-electron chi connectivity index (χ3n) is 4.74. The zero-order valence-corrected chi connectivity index (χ0v) is 18.4. The molecule has 1 fully saturated rings. The highest BCUT2D eigenvalue weighted by atomic mass is 32.2. The van der Waals surface area contributed by atoms with Gasteiger partial charge in [0.2, 0.25) is 11.8 Å². The van der Waals surface area contributed by atoms with Gasteiger partial charge >= 0.3 is 0 Å². The number of hydrogen-bond donors (Lipinski definition) is 2. The summed E-state index contributed by atoms with van der Waals surface area (Å²) in [6.07, 6.45) is 0.0507. The maximum atomic E-state index is 12.7. The molecule has 0 aliphatic carbocycles. The van der Waals surface area contributed by atoms with Crippen molar-refractivity contribution in [1.29, 1.82) is 0 Å². The number of nitrogens with one attached hydrogen (secondary N) is 2. The van der Waals surface area contributed by atoms with E-state index in [1.807, 2.05) is 24.3 Å². The Morgan fingerprint density at radius 2 is 1.97 bits per heavy atom. The van der Waals surface area contributed by atoms with Crippen LogP contribution in [0.15, 0.2) is 45.5 Å². The van der Waals surface area contributed by atoms with Crippen molar-refractivity contribution >= 4 is 50.6 Å². The van der Waals surface area contributed by atoms with Crippen molar-refractivity contribution in [2.45, 2.75) is 27.3 Å². The van der Waals surface area contributed by atoms with Crippen LogP contribution in [0.25, 0.3) is 0 Å². The molecular formula is C19H21N3O5S3. The number of sulfonamides is 1. The molecule has 11 heteroatoms. The summed E-state index contributed by atoms with van der Waals surface area (Å²) in [6.45, 7) is 1.69. The average molecular weight is 468 g/mol. The third-order valence-corrected chi connectivity index (χ3v) is 9.46. The first-order chi connectivity index (χ1) is 14.4. The smallest absolute Gasteiger partial charge is 0.252 e. The molecule has 2 aliphatic heterocycles. The van der Waals surface area contributed by atoms with Crippen LogP contribution < -0.4 is 10.6 Å². The molecule has 0 radical (unpaired) electrons. The van der Waals surface area contributed by atoms with E-state index in [0.29, 0.717) is 26.3 Å². The fourth-order valence-corrected chi connectivity index (χ4v) is 7.13. The lowest BCUT2D eigenvalue weighted by Crippen LogP contribution is -2.40. The lowest BCUT2D eigenvalue weighted by Gasteiger charge is -2.25. The van der Waals surface area contributed by atoms with Gasteiger partial charge in [-0.25, -0.2) is 8.42 Å². The van der Waals surface area contributed by atoms with Gasteiger partial charge in [0, 0.05) is 29.3 Å². The number of thiophene rings is 1. The molecule has 30 heavy (non-hydrogen) atoms. The highest BCUT2D eigenvalue weighted by molar-refractivity contribution is 8.01. The van der Waals surface area contributed by atoms with Crippen LogP contribution in [0.4, 0.5) is 5.69 Å². The van der Waals surface area contributed by atoms with Crippen LogP contribution in [0.5, 0.6) is 0 Å². The number of morpholine rings is 1. The number of ether oxygens (including phenoxy) is 1. The minimum atomic E-state index is -3.54. The monoisotopic (exact) mass is 467 g/mol. The quantitative estimate of drug-likeness (QED) is 0.672. The number of anilines is 1. The summed E-state index contributed by atoms with van der Waals surface area (Å²) >= 11 is 2.52. The largest absolute Gasteiger partial charge is 0.379 e. The van der Waals surface area contributed by atoms with Crippen LogP contribution >= 0.6 is 23.1 Å². The van der Waals surface area contributed by atoms with Gasteiger partial charge in [0.15, 0.2) is 0 Å². The predicted octanol–water partition coefficient (Wildman–Crippen LogP) is 1.89. The topological polar surface area (TPSA) is 105 Å². The van der Waals surface area contributed by atoms with E-state index in [-0.39, 0.29) is 29.0 Å². The molecule has 0 bridgehead atoms. The van der Waals surface area contributed by atoms with Crippen molar-refractivity contribution in [3.63, 3.8) is 0 Å². The second-order valence-electron chi connectivity index (χ2n) is 6.81. The molecule has 1 aromatic heterocycles. The van der Waals surface area contributed by atoms with Crippen molar-refractivity contribution < 1.29 is 22.7 Å². The number of nitrogens with zero attached hydrogens (tertiary/aromatic N) is 1. The summed E-state index contributed by atoms with van der Waals surface area (Å²) in [5, 5.41) is 5.11. The van der Waals surface area contributed by atoms with Crippen LogP contribution in [0.1, 0.15) is 11.3 Å². The molecule has 2 amide bonds. The first-order valence-corrected chi connectivity index (χ1v) is 12.6. The number of fused-ring (bicyclic) bond motifs is 1. The summed E-state index contributed by atoms with van der Waals surface area (Å²) in [5.41, 5.74) is 0.761. The molecular weight excluding hydrogens is 446 g/mol. The fraction of sp³-hybridized carbons (Fsp3) is 0.368. The number of para-hydroxylation sites is 1. The molecule has 2 aromatic rings. The summed E-state index contributed by atoms with van der Waals surface area (Å²) in [5.74, 6) is -0.447. The van der Waals surface area contributed by atoms with Crippen LogP contribution in [-0.4, -0.2) is 56.1 Å². The Hall–Kier alpha value is -1.92. The lowest BCUT2D eigenvalue weighted by molar-refractivity contribution is -0.124. The molecule has 0 unspecified atom stereocenters.